The molecule has 3 heteroatoms. The van der Waals surface area contributed by atoms with E-state index in [-0.39, 0.29) is 6.04 Å². The van der Waals surface area contributed by atoms with Crippen molar-refractivity contribution in [3.8, 4) is 0 Å². The minimum Gasteiger partial charge on any atom is -0.472 e. The highest BCUT2D eigenvalue weighted by molar-refractivity contribution is 6.31. The normalized spacial score (nSPS) is 12.6. The number of rotatable bonds is 4. The van der Waals surface area contributed by atoms with Crippen LogP contribution in [0.3, 0.4) is 0 Å². The molecule has 0 saturated carbocycles. The average Bonchev–Trinajstić information content (AvgIpc) is 2.79. The summed E-state index contributed by atoms with van der Waals surface area (Å²) in [5, 5.41) is 4.20. The second kappa shape index (κ2) is 5.19. The van der Waals surface area contributed by atoms with Gasteiger partial charge >= 0.3 is 0 Å². The predicted molar refractivity (Wildman–Crippen MR) is 65.4 cm³/mol. The van der Waals surface area contributed by atoms with Crippen LogP contribution < -0.4 is 5.32 Å². The third-order valence-corrected chi connectivity index (χ3v) is 2.91. The van der Waals surface area contributed by atoms with Gasteiger partial charge in [-0.1, -0.05) is 29.8 Å². The summed E-state index contributed by atoms with van der Waals surface area (Å²) in [6.07, 6.45) is 3.42. The van der Waals surface area contributed by atoms with E-state index in [1.807, 2.05) is 30.3 Å². The highest BCUT2D eigenvalue weighted by Crippen LogP contribution is 2.22. The number of nitrogens with one attached hydrogen (secondary N) is 1. The lowest BCUT2D eigenvalue weighted by molar-refractivity contribution is 0.547. The monoisotopic (exact) mass is 235 g/mol. The van der Waals surface area contributed by atoms with Gasteiger partial charge in [0, 0.05) is 23.2 Å². The van der Waals surface area contributed by atoms with Crippen molar-refractivity contribution in [1.82, 2.24) is 5.32 Å². The Hall–Kier alpha value is -1.25. The summed E-state index contributed by atoms with van der Waals surface area (Å²) in [5.41, 5.74) is 2.26. The lowest BCUT2D eigenvalue weighted by Gasteiger charge is -2.14. The van der Waals surface area contributed by atoms with Crippen LogP contribution in [-0.4, -0.2) is 0 Å². The summed E-state index contributed by atoms with van der Waals surface area (Å²) in [6, 6.07) is 10.1. The van der Waals surface area contributed by atoms with Crippen molar-refractivity contribution in [1.29, 1.82) is 0 Å². The van der Waals surface area contributed by atoms with Gasteiger partial charge in [-0.25, -0.2) is 0 Å². The summed E-state index contributed by atoms with van der Waals surface area (Å²) in [5.74, 6) is 0. The first kappa shape index (κ1) is 11.2. The Bertz CT molecular complexity index is 439. The zero-order valence-corrected chi connectivity index (χ0v) is 9.87. The van der Waals surface area contributed by atoms with Crippen LogP contribution >= 0.6 is 11.6 Å². The van der Waals surface area contributed by atoms with Crippen LogP contribution in [0.5, 0.6) is 0 Å². The van der Waals surface area contributed by atoms with E-state index < -0.39 is 0 Å². The Morgan fingerprint density at radius 1 is 1.31 bits per heavy atom. The fourth-order valence-corrected chi connectivity index (χ4v) is 1.90. The largest absolute Gasteiger partial charge is 0.472 e. The molecule has 0 amide bonds. The molecule has 0 aliphatic heterocycles. The zero-order valence-electron chi connectivity index (χ0n) is 9.11. The van der Waals surface area contributed by atoms with Gasteiger partial charge in [-0.2, -0.15) is 0 Å². The van der Waals surface area contributed by atoms with Crippen LogP contribution in [0.4, 0.5) is 0 Å². The molecule has 1 aromatic carbocycles. The van der Waals surface area contributed by atoms with Gasteiger partial charge in [-0.3, -0.25) is 0 Å². The van der Waals surface area contributed by atoms with E-state index in [0.29, 0.717) is 0 Å². The summed E-state index contributed by atoms with van der Waals surface area (Å²) in [4.78, 5) is 0. The Labute approximate surface area is 100 Å². The topological polar surface area (TPSA) is 25.2 Å². The third kappa shape index (κ3) is 2.65. The van der Waals surface area contributed by atoms with Gasteiger partial charge in [0.1, 0.15) is 0 Å². The molecule has 0 fully saturated rings. The first-order valence-corrected chi connectivity index (χ1v) is 5.64. The Morgan fingerprint density at radius 2 is 2.12 bits per heavy atom. The predicted octanol–water partition coefficient (Wildman–Crippen LogP) is 3.78. The maximum atomic E-state index is 6.12. The molecule has 0 spiro atoms. The highest BCUT2D eigenvalue weighted by atomic mass is 35.5. The van der Waals surface area contributed by atoms with E-state index in [4.69, 9.17) is 16.0 Å². The van der Waals surface area contributed by atoms with Crippen molar-refractivity contribution in [2.24, 2.45) is 0 Å². The van der Waals surface area contributed by atoms with Crippen LogP contribution in [0.15, 0.2) is 47.3 Å². The van der Waals surface area contributed by atoms with E-state index in [0.717, 1.165) is 22.7 Å². The summed E-state index contributed by atoms with van der Waals surface area (Å²) < 4.78 is 5.01. The van der Waals surface area contributed by atoms with E-state index in [1.54, 1.807) is 12.5 Å². The molecule has 2 aromatic rings. The van der Waals surface area contributed by atoms with Crippen LogP contribution in [0.2, 0.25) is 5.02 Å². The van der Waals surface area contributed by atoms with E-state index in [2.05, 4.69) is 12.2 Å². The number of furan rings is 1. The molecule has 2 rings (SSSR count). The fraction of sp³-hybridized carbons (Fsp3) is 0.231. The van der Waals surface area contributed by atoms with Gasteiger partial charge in [0.05, 0.1) is 12.5 Å². The van der Waals surface area contributed by atoms with Gasteiger partial charge < -0.3 is 9.73 Å². The minimum atomic E-state index is 0.226. The van der Waals surface area contributed by atoms with Crippen molar-refractivity contribution < 1.29 is 4.42 Å². The molecular formula is C13H14ClNO. The third-order valence-electron chi connectivity index (χ3n) is 2.56. The van der Waals surface area contributed by atoms with E-state index >= 15 is 0 Å². The van der Waals surface area contributed by atoms with Crippen LogP contribution in [0.25, 0.3) is 0 Å². The molecule has 1 aromatic heterocycles. The van der Waals surface area contributed by atoms with E-state index in [9.17, 15) is 0 Å². The number of hydrogen-bond acceptors (Lipinski definition) is 2. The Balaban J connectivity index is 1.98. The second-order valence-electron chi connectivity index (χ2n) is 3.76. The molecule has 1 atom stereocenters. The fourth-order valence-electron chi connectivity index (χ4n) is 1.60. The van der Waals surface area contributed by atoms with Crippen LogP contribution in [0, 0.1) is 0 Å². The summed E-state index contributed by atoms with van der Waals surface area (Å²) >= 11 is 6.12. The minimum absolute atomic E-state index is 0.226. The number of hydrogen-bond donors (Lipinski definition) is 1. The summed E-state index contributed by atoms with van der Waals surface area (Å²) in [6.45, 7) is 2.88. The van der Waals surface area contributed by atoms with Crippen LogP contribution in [-0.2, 0) is 6.54 Å². The lowest BCUT2D eigenvalue weighted by atomic mass is 10.1. The van der Waals surface area contributed by atoms with Gasteiger partial charge in [0.25, 0.3) is 0 Å². The Kier molecular flexibility index (Phi) is 3.65. The smallest absolute Gasteiger partial charge is 0.0947 e. The molecule has 0 saturated heterocycles. The molecule has 0 bridgehead atoms. The molecule has 0 aliphatic rings. The molecule has 2 nitrogen and oxygen atoms in total. The summed E-state index contributed by atoms with van der Waals surface area (Å²) in [7, 11) is 0. The van der Waals surface area contributed by atoms with Gasteiger partial charge in [0.2, 0.25) is 0 Å². The van der Waals surface area contributed by atoms with Crippen molar-refractivity contribution in [3.63, 3.8) is 0 Å². The van der Waals surface area contributed by atoms with Gasteiger partial charge in [0.15, 0.2) is 0 Å². The molecule has 1 N–H and O–H groups in total. The molecule has 1 heterocycles. The molecule has 16 heavy (non-hydrogen) atoms. The van der Waals surface area contributed by atoms with Crippen LogP contribution in [0.1, 0.15) is 24.1 Å². The maximum Gasteiger partial charge on any atom is 0.0947 e. The second-order valence-corrected chi connectivity index (χ2v) is 4.16. The Morgan fingerprint density at radius 3 is 2.81 bits per heavy atom. The van der Waals surface area contributed by atoms with Crippen molar-refractivity contribution >= 4 is 11.6 Å². The maximum absolute atomic E-state index is 6.12. The van der Waals surface area contributed by atoms with Gasteiger partial charge in [-0.05, 0) is 24.6 Å². The molecule has 84 valence electrons. The average molecular weight is 236 g/mol. The molecule has 0 radical (unpaired) electrons. The molecule has 1 unspecified atom stereocenters. The van der Waals surface area contributed by atoms with Crippen molar-refractivity contribution in [2.75, 3.05) is 0 Å². The molecular weight excluding hydrogens is 222 g/mol. The first-order valence-electron chi connectivity index (χ1n) is 5.26. The van der Waals surface area contributed by atoms with Crippen molar-refractivity contribution in [2.45, 2.75) is 19.5 Å². The number of halogens is 1. The molecule has 0 aliphatic carbocycles. The zero-order chi connectivity index (χ0) is 11.4. The van der Waals surface area contributed by atoms with Gasteiger partial charge in [-0.15, -0.1) is 0 Å². The SMILES string of the molecule is CC(NCc1ccoc1)c1ccccc1Cl. The van der Waals surface area contributed by atoms with E-state index in [1.165, 1.54) is 0 Å². The number of benzene rings is 1. The highest BCUT2D eigenvalue weighted by Gasteiger charge is 2.08. The first-order chi connectivity index (χ1) is 7.77. The standard InChI is InChI=1S/C13H14ClNO/c1-10(12-4-2-3-5-13(12)14)15-8-11-6-7-16-9-11/h2-7,9-10,15H,8H2,1H3. The lowest BCUT2D eigenvalue weighted by Crippen LogP contribution is -2.17. The quantitative estimate of drug-likeness (QED) is 0.873. The van der Waals surface area contributed by atoms with Crippen molar-refractivity contribution in [3.05, 3.63) is 59.0 Å².